The number of ether oxygens (including phenoxy) is 3. The Morgan fingerprint density at radius 3 is 2.73 bits per heavy atom. The van der Waals surface area contributed by atoms with Crippen LogP contribution in [0, 0.1) is 0 Å². The number of hydrogen-bond acceptors (Lipinski definition) is 13. The molecule has 2 amide bonds. The van der Waals surface area contributed by atoms with Crippen LogP contribution in [0.2, 0.25) is 0 Å². The summed E-state index contributed by atoms with van der Waals surface area (Å²) in [5, 5.41) is 10.2. The van der Waals surface area contributed by atoms with Crippen LogP contribution in [0.25, 0.3) is 32.4 Å². The minimum Gasteiger partial charge on any atom is -0.484 e. The monoisotopic (exact) mass is 681 g/mol. The lowest BCUT2D eigenvalue weighted by Gasteiger charge is -2.24. The van der Waals surface area contributed by atoms with Crippen LogP contribution in [0.15, 0.2) is 48.3 Å². The predicted octanol–water partition coefficient (Wildman–Crippen LogP) is -0.764. The second kappa shape index (κ2) is 15.9. The van der Waals surface area contributed by atoms with E-state index >= 15 is 0 Å². The van der Waals surface area contributed by atoms with Crippen LogP contribution in [0.5, 0.6) is 5.75 Å². The van der Waals surface area contributed by atoms with E-state index in [1.54, 1.807) is 6.20 Å². The molecular weight excluding hydrogens is 646 g/mol. The maximum absolute atomic E-state index is 13.1. The molecule has 4 aromatic rings. The van der Waals surface area contributed by atoms with Crippen LogP contribution in [0.4, 0.5) is 5.95 Å². The number of rotatable bonds is 16. The lowest BCUT2D eigenvalue weighted by molar-refractivity contribution is -0.140. The van der Waals surface area contributed by atoms with Gasteiger partial charge in [-0.05, 0) is 29.6 Å². The summed E-state index contributed by atoms with van der Waals surface area (Å²) in [6, 6.07) is 2.84. The molecule has 1 saturated heterocycles. The van der Waals surface area contributed by atoms with E-state index in [-0.39, 0.29) is 54.3 Å². The Morgan fingerprint density at radius 1 is 1.18 bits per heavy atom. The number of nitrogens with one attached hydrogen (secondary N) is 4. The molecule has 1 aliphatic rings. The van der Waals surface area contributed by atoms with E-state index in [0.717, 1.165) is 10.1 Å². The summed E-state index contributed by atoms with van der Waals surface area (Å²) in [5.41, 5.74) is 14.8. The van der Waals surface area contributed by atoms with Gasteiger partial charge in [-0.25, -0.2) is 9.59 Å². The minimum atomic E-state index is -0.887. The second-order valence-corrected chi connectivity index (χ2v) is 11.0. The van der Waals surface area contributed by atoms with Gasteiger partial charge in [-0.2, -0.15) is 4.98 Å². The first-order chi connectivity index (χ1) is 23.7. The fourth-order valence-electron chi connectivity index (χ4n) is 5.39. The van der Waals surface area contributed by atoms with Crippen molar-refractivity contribution in [1.29, 1.82) is 0 Å². The third-order valence-corrected chi connectivity index (χ3v) is 7.78. The lowest BCUT2D eigenvalue weighted by Crippen LogP contribution is -2.48. The topological polar surface area (TPSA) is 278 Å². The Kier molecular flexibility index (Phi) is 11.3. The summed E-state index contributed by atoms with van der Waals surface area (Å²) >= 11 is 0. The van der Waals surface area contributed by atoms with Gasteiger partial charge in [0.1, 0.15) is 17.4 Å². The number of amides is 2. The molecule has 0 bridgehead atoms. The van der Waals surface area contributed by atoms with Crippen molar-refractivity contribution in [1.82, 2.24) is 35.1 Å². The quantitative estimate of drug-likeness (QED) is 0.0422. The molecule has 0 radical (unpaired) electrons. The standard InChI is InChI=1S/C29H35N11O9/c1-39-20-11-18(2-3-19(20)27(44)49-29(39)45)48-15-22(41)40-14-17(37-38-31)10-21(40)25(42)33-5-7-47-9-8-46-6-4-32-12-16-13-34-24-23(16)26(43)36-28(30)35-24/h2-3,11,13,17,21,32H,4-10,12,14-15H2,1H3,(H,33,42)(H4,30,34,35,36,43)/t17?,21-/m0/s1. The number of aryl methyl sites for hydroxylation is 1. The average molecular weight is 682 g/mol. The van der Waals surface area contributed by atoms with E-state index in [0.29, 0.717) is 43.9 Å². The van der Waals surface area contributed by atoms with Gasteiger partial charge >= 0.3 is 11.4 Å². The molecule has 5 rings (SSSR count). The molecule has 4 heterocycles. The first kappa shape index (κ1) is 34.6. The number of nitrogen functional groups attached to an aromatic ring is 1. The van der Waals surface area contributed by atoms with Gasteiger partial charge in [0.05, 0.1) is 48.8 Å². The lowest BCUT2D eigenvalue weighted by atomic mass is 10.1. The number of carbonyl (C=O) groups excluding carboxylic acids is 2. The number of aromatic amines is 2. The number of azide groups is 1. The number of nitrogens with two attached hydrogens (primary N) is 1. The van der Waals surface area contributed by atoms with E-state index in [1.165, 1.54) is 30.1 Å². The van der Waals surface area contributed by atoms with E-state index in [1.807, 2.05) is 0 Å². The van der Waals surface area contributed by atoms with Gasteiger partial charge in [-0.1, -0.05) is 5.11 Å². The molecule has 1 aromatic carbocycles. The molecule has 49 heavy (non-hydrogen) atoms. The zero-order valence-electron chi connectivity index (χ0n) is 26.5. The number of likely N-dealkylation sites (tertiary alicyclic amines) is 1. The van der Waals surface area contributed by atoms with E-state index in [4.69, 9.17) is 25.5 Å². The van der Waals surface area contributed by atoms with Gasteiger partial charge in [-0.15, -0.1) is 0 Å². The number of anilines is 1. The summed E-state index contributed by atoms with van der Waals surface area (Å²) in [7, 11) is 1.43. The Balaban J connectivity index is 0.999. The van der Waals surface area contributed by atoms with Gasteiger partial charge < -0.3 is 44.9 Å². The summed E-state index contributed by atoms with van der Waals surface area (Å²) in [5.74, 6) is -1.52. The van der Waals surface area contributed by atoms with Crippen LogP contribution in [0.3, 0.4) is 0 Å². The maximum Gasteiger partial charge on any atom is 0.422 e. The van der Waals surface area contributed by atoms with E-state index in [2.05, 4.69) is 40.0 Å². The molecule has 0 spiro atoms. The average Bonchev–Trinajstić information content (AvgIpc) is 3.69. The van der Waals surface area contributed by atoms with Crippen molar-refractivity contribution in [2.24, 2.45) is 12.2 Å². The van der Waals surface area contributed by atoms with Crippen molar-refractivity contribution in [2.45, 2.75) is 25.0 Å². The molecule has 1 fully saturated rings. The van der Waals surface area contributed by atoms with E-state index in [9.17, 15) is 24.0 Å². The summed E-state index contributed by atoms with van der Waals surface area (Å²) in [6.45, 7) is 1.96. The highest BCUT2D eigenvalue weighted by molar-refractivity contribution is 5.89. The highest BCUT2D eigenvalue weighted by atomic mass is 16.5. The van der Waals surface area contributed by atoms with Crippen molar-refractivity contribution >= 4 is 39.7 Å². The highest BCUT2D eigenvalue weighted by Crippen LogP contribution is 2.22. The number of hydrogen-bond donors (Lipinski definition) is 5. The number of nitrogens with zero attached hydrogens (tertiary/aromatic N) is 6. The number of aromatic nitrogens is 4. The molecule has 6 N–H and O–H groups in total. The van der Waals surface area contributed by atoms with Crippen LogP contribution in [-0.2, 0) is 32.7 Å². The first-order valence-corrected chi connectivity index (χ1v) is 15.3. The van der Waals surface area contributed by atoms with Gasteiger partial charge in [0.25, 0.3) is 11.5 Å². The van der Waals surface area contributed by atoms with Crippen molar-refractivity contribution in [3.8, 4) is 5.75 Å². The number of H-pyrrole nitrogens is 2. The van der Waals surface area contributed by atoms with Gasteiger partial charge in [0, 0.05) is 50.4 Å². The summed E-state index contributed by atoms with van der Waals surface area (Å²) in [4.78, 5) is 75.6. The fraction of sp³-hybridized carbons (Fsp3) is 0.448. The SMILES string of the molecule is Cn1c(=O)oc(=O)c2ccc(OCC(=O)N3CC(N=[N+]=[N-])C[C@H]3C(=O)NCCOCCOCCNCc3c[nH]c4nc(N)[nH]c(=O)c34)cc21. The summed E-state index contributed by atoms with van der Waals surface area (Å²) < 4.78 is 22.5. The molecule has 0 aliphatic carbocycles. The molecule has 3 aromatic heterocycles. The smallest absolute Gasteiger partial charge is 0.422 e. The van der Waals surface area contributed by atoms with Crippen molar-refractivity contribution in [3.05, 3.63) is 71.7 Å². The minimum absolute atomic E-state index is 0.0344. The molecule has 20 nitrogen and oxygen atoms in total. The largest absolute Gasteiger partial charge is 0.484 e. The van der Waals surface area contributed by atoms with Gasteiger partial charge in [0.2, 0.25) is 11.9 Å². The van der Waals surface area contributed by atoms with E-state index < -0.39 is 41.9 Å². The number of carbonyl (C=O) groups is 2. The van der Waals surface area contributed by atoms with Crippen molar-refractivity contribution in [2.75, 3.05) is 58.4 Å². The van der Waals surface area contributed by atoms with Crippen LogP contribution < -0.4 is 38.0 Å². The number of fused-ring (bicyclic) bond motifs is 2. The second-order valence-electron chi connectivity index (χ2n) is 11.0. The maximum atomic E-state index is 13.1. The molecule has 2 atom stereocenters. The molecule has 260 valence electrons. The molecular formula is C29H35N11O9. The Morgan fingerprint density at radius 2 is 1.96 bits per heavy atom. The predicted molar refractivity (Wildman–Crippen MR) is 174 cm³/mol. The van der Waals surface area contributed by atoms with Crippen molar-refractivity contribution < 1.29 is 28.2 Å². The zero-order valence-corrected chi connectivity index (χ0v) is 26.5. The van der Waals surface area contributed by atoms with Crippen LogP contribution in [0.1, 0.15) is 12.0 Å². The normalized spacial score (nSPS) is 15.8. The highest BCUT2D eigenvalue weighted by Gasteiger charge is 2.39. The number of benzene rings is 1. The third kappa shape index (κ3) is 8.43. The van der Waals surface area contributed by atoms with Crippen LogP contribution >= 0.6 is 0 Å². The molecule has 1 unspecified atom stereocenters. The van der Waals surface area contributed by atoms with Crippen LogP contribution in [-0.4, -0.2) is 101 Å². The fourth-order valence-corrected chi connectivity index (χ4v) is 5.39. The first-order valence-electron chi connectivity index (χ1n) is 15.3. The molecule has 1 aliphatic heterocycles. The van der Waals surface area contributed by atoms with Crippen molar-refractivity contribution in [3.63, 3.8) is 0 Å². The zero-order chi connectivity index (χ0) is 34.9. The Bertz CT molecular complexity index is 2050. The third-order valence-electron chi connectivity index (χ3n) is 7.78. The van der Waals surface area contributed by atoms with Gasteiger partial charge in [0.15, 0.2) is 6.61 Å². The van der Waals surface area contributed by atoms with Gasteiger partial charge in [-0.3, -0.25) is 23.9 Å². The Hall–Kier alpha value is -5.69. The summed E-state index contributed by atoms with van der Waals surface area (Å²) in [6.07, 6.45) is 1.84. The molecule has 0 saturated carbocycles. The molecule has 20 heteroatoms. The Labute approximate surface area is 276 Å².